The molecule has 5 heteroatoms. The topological polar surface area (TPSA) is 35.5 Å². The highest BCUT2D eigenvalue weighted by Crippen LogP contribution is 2.48. The number of halogens is 1. The maximum absolute atomic E-state index is 13.2. The number of rotatable bonds is 5. The minimum atomic E-state index is -3.19. The molecule has 0 heterocycles. The second-order valence-corrected chi connectivity index (χ2v) is 5.16. The molecule has 0 saturated heterocycles. The predicted octanol–water partition coefficient (Wildman–Crippen LogP) is 3.45. The lowest BCUT2D eigenvalue weighted by molar-refractivity contribution is 0.277. The number of para-hydroxylation sites is 1. The zero-order chi connectivity index (χ0) is 11.3. The second-order valence-electron chi connectivity index (χ2n) is 2.87. The van der Waals surface area contributed by atoms with Crippen molar-refractivity contribution in [2.75, 3.05) is 12.8 Å². The maximum atomic E-state index is 13.2. The van der Waals surface area contributed by atoms with Gasteiger partial charge in [0.25, 0.3) is 0 Å². The smallest absolute Gasteiger partial charge is 0.378 e. The number of hydrogen-bond donors (Lipinski definition) is 0. The molecule has 84 valence electrons. The van der Waals surface area contributed by atoms with Crippen LogP contribution in [0.15, 0.2) is 24.3 Å². The molecule has 0 N–H and O–H groups in total. The molecule has 0 amide bonds. The Labute approximate surface area is 88.7 Å². The van der Waals surface area contributed by atoms with Crippen molar-refractivity contribution >= 4 is 7.60 Å². The van der Waals surface area contributed by atoms with Crippen molar-refractivity contribution in [3.63, 3.8) is 0 Å². The average Bonchev–Trinajstić information content (AvgIpc) is 2.22. The summed E-state index contributed by atoms with van der Waals surface area (Å²) in [5.41, 5.74) is 0. The summed E-state index contributed by atoms with van der Waals surface area (Å²) < 4.78 is 35.2. The van der Waals surface area contributed by atoms with Crippen LogP contribution < -0.4 is 4.52 Å². The molecule has 0 aliphatic heterocycles. The van der Waals surface area contributed by atoms with Crippen LogP contribution in [0.2, 0.25) is 0 Å². The maximum Gasteiger partial charge on any atom is 0.378 e. The van der Waals surface area contributed by atoms with Gasteiger partial charge in [-0.2, -0.15) is 0 Å². The Balaban J connectivity index is 2.84. The lowest BCUT2D eigenvalue weighted by Crippen LogP contribution is -2.01. The molecule has 1 unspecified atom stereocenters. The van der Waals surface area contributed by atoms with Crippen molar-refractivity contribution in [2.24, 2.45) is 0 Å². The summed E-state index contributed by atoms with van der Waals surface area (Å²) in [6.07, 6.45) is 0.217. The molecule has 0 bridgehead atoms. The van der Waals surface area contributed by atoms with Crippen LogP contribution in [0.3, 0.4) is 0 Å². The SMILES string of the molecule is CCOP(=O)(CC)Oc1ccccc1F. The molecule has 1 aromatic carbocycles. The van der Waals surface area contributed by atoms with Crippen molar-refractivity contribution < 1.29 is 18.0 Å². The molecular formula is C10H14FO3P. The molecule has 1 rings (SSSR count). The average molecular weight is 232 g/mol. The van der Waals surface area contributed by atoms with E-state index in [4.69, 9.17) is 9.05 Å². The minimum absolute atomic E-state index is 0.0314. The van der Waals surface area contributed by atoms with E-state index in [1.165, 1.54) is 12.1 Å². The van der Waals surface area contributed by atoms with E-state index in [-0.39, 0.29) is 18.5 Å². The molecule has 3 nitrogen and oxygen atoms in total. The van der Waals surface area contributed by atoms with E-state index in [0.29, 0.717) is 0 Å². The fourth-order valence-corrected chi connectivity index (χ4v) is 2.25. The standard InChI is InChI=1S/C10H14FO3P/c1-3-13-15(12,4-2)14-10-8-6-5-7-9(10)11/h5-8H,3-4H2,1-2H3. The first-order chi connectivity index (χ1) is 7.11. The Morgan fingerprint density at radius 1 is 1.33 bits per heavy atom. The van der Waals surface area contributed by atoms with Gasteiger partial charge < -0.3 is 9.05 Å². The van der Waals surface area contributed by atoms with Crippen LogP contribution >= 0.6 is 7.60 Å². The van der Waals surface area contributed by atoms with Gasteiger partial charge in [-0.25, -0.2) is 8.96 Å². The first-order valence-electron chi connectivity index (χ1n) is 4.79. The van der Waals surface area contributed by atoms with Crippen LogP contribution in [0, 0.1) is 5.82 Å². The highest BCUT2D eigenvalue weighted by molar-refractivity contribution is 7.54. The Kier molecular flexibility index (Phi) is 4.30. The van der Waals surface area contributed by atoms with Gasteiger partial charge in [0.05, 0.1) is 12.8 Å². The largest absolute Gasteiger partial charge is 0.421 e. The Morgan fingerprint density at radius 2 is 2.00 bits per heavy atom. The summed E-state index contributed by atoms with van der Waals surface area (Å²) in [6, 6.07) is 5.84. The van der Waals surface area contributed by atoms with Crippen LogP contribution in [0.5, 0.6) is 5.75 Å². The van der Waals surface area contributed by atoms with Crippen LogP contribution in [-0.4, -0.2) is 12.8 Å². The molecule has 0 fully saturated rings. The zero-order valence-corrected chi connectivity index (χ0v) is 9.67. The van der Waals surface area contributed by atoms with Crippen molar-refractivity contribution in [3.05, 3.63) is 30.1 Å². The van der Waals surface area contributed by atoms with E-state index in [0.717, 1.165) is 0 Å². The number of benzene rings is 1. The van der Waals surface area contributed by atoms with Gasteiger partial charge in [0.15, 0.2) is 11.6 Å². The van der Waals surface area contributed by atoms with Crippen molar-refractivity contribution in [3.8, 4) is 5.75 Å². The normalized spacial score (nSPS) is 14.6. The van der Waals surface area contributed by atoms with Crippen LogP contribution in [0.4, 0.5) is 4.39 Å². The Hall–Kier alpha value is -0.860. The van der Waals surface area contributed by atoms with Crippen molar-refractivity contribution in [2.45, 2.75) is 13.8 Å². The summed E-state index contributed by atoms with van der Waals surface area (Å²) >= 11 is 0. The minimum Gasteiger partial charge on any atom is -0.421 e. The highest BCUT2D eigenvalue weighted by atomic mass is 31.2. The lowest BCUT2D eigenvalue weighted by atomic mass is 10.3. The van der Waals surface area contributed by atoms with E-state index in [2.05, 4.69) is 0 Å². The van der Waals surface area contributed by atoms with E-state index in [1.54, 1.807) is 26.0 Å². The van der Waals surface area contributed by atoms with Gasteiger partial charge in [0.1, 0.15) is 0 Å². The molecule has 0 aliphatic rings. The summed E-state index contributed by atoms with van der Waals surface area (Å²) in [5, 5.41) is 0. The van der Waals surface area contributed by atoms with Crippen LogP contribution in [-0.2, 0) is 9.09 Å². The molecule has 1 aromatic rings. The molecule has 0 spiro atoms. The van der Waals surface area contributed by atoms with E-state index < -0.39 is 13.4 Å². The Morgan fingerprint density at radius 3 is 2.53 bits per heavy atom. The lowest BCUT2D eigenvalue weighted by Gasteiger charge is -2.17. The van der Waals surface area contributed by atoms with Gasteiger partial charge in [0.2, 0.25) is 0 Å². The number of hydrogen-bond acceptors (Lipinski definition) is 3. The van der Waals surface area contributed by atoms with Gasteiger partial charge >= 0.3 is 7.60 Å². The molecule has 0 radical (unpaired) electrons. The van der Waals surface area contributed by atoms with Gasteiger partial charge in [0, 0.05) is 0 Å². The van der Waals surface area contributed by atoms with Gasteiger partial charge in [-0.1, -0.05) is 19.1 Å². The second kappa shape index (κ2) is 5.29. The molecule has 15 heavy (non-hydrogen) atoms. The molecule has 0 aromatic heterocycles. The monoisotopic (exact) mass is 232 g/mol. The van der Waals surface area contributed by atoms with Gasteiger partial charge in [-0.3, -0.25) is 0 Å². The first kappa shape index (κ1) is 12.2. The van der Waals surface area contributed by atoms with Gasteiger partial charge in [-0.05, 0) is 19.1 Å². The summed E-state index contributed by atoms with van der Waals surface area (Å²) in [7, 11) is -3.19. The first-order valence-corrected chi connectivity index (χ1v) is 6.52. The predicted molar refractivity (Wildman–Crippen MR) is 56.8 cm³/mol. The molecule has 0 aliphatic carbocycles. The fraction of sp³-hybridized carbons (Fsp3) is 0.400. The van der Waals surface area contributed by atoms with Gasteiger partial charge in [-0.15, -0.1) is 0 Å². The van der Waals surface area contributed by atoms with Crippen LogP contribution in [0.25, 0.3) is 0 Å². The highest BCUT2D eigenvalue weighted by Gasteiger charge is 2.23. The third kappa shape index (κ3) is 3.33. The quantitative estimate of drug-likeness (QED) is 0.729. The molecular weight excluding hydrogens is 218 g/mol. The summed E-state index contributed by atoms with van der Waals surface area (Å²) in [6.45, 7) is 3.67. The van der Waals surface area contributed by atoms with E-state index in [1.807, 2.05) is 0 Å². The van der Waals surface area contributed by atoms with Crippen molar-refractivity contribution in [1.29, 1.82) is 0 Å². The van der Waals surface area contributed by atoms with Crippen molar-refractivity contribution in [1.82, 2.24) is 0 Å². The molecule has 0 saturated carbocycles. The Bertz CT molecular complexity index is 367. The van der Waals surface area contributed by atoms with E-state index in [9.17, 15) is 8.96 Å². The summed E-state index contributed by atoms with van der Waals surface area (Å²) in [4.78, 5) is 0. The third-order valence-electron chi connectivity index (χ3n) is 1.79. The van der Waals surface area contributed by atoms with Crippen LogP contribution in [0.1, 0.15) is 13.8 Å². The zero-order valence-electron chi connectivity index (χ0n) is 8.77. The summed E-state index contributed by atoms with van der Waals surface area (Å²) in [5.74, 6) is -0.568. The fourth-order valence-electron chi connectivity index (χ4n) is 1.05. The third-order valence-corrected chi connectivity index (χ3v) is 3.69. The van der Waals surface area contributed by atoms with E-state index >= 15 is 0 Å². The molecule has 1 atom stereocenters.